The number of piperazine rings is 1. The van der Waals surface area contributed by atoms with Crippen LogP contribution >= 0.6 is 0 Å². The third kappa shape index (κ3) is 3.11. The van der Waals surface area contributed by atoms with Gasteiger partial charge in [-0.25, -0.2) is 5.43 Å². The van der Waals surface area contributed by atoms with E-state index in [0.717, 1.165) is 28.1 Å². The minimum absolute atomic E-state index is 0.00707. The van der Waals surface area contributed by atoms with Crippen LogP contribution in [0.4, 0.5) is 5.69 Å². The van der Waals surface area contributed by atoms with Gasteiger partial charge in [-0.15, -0.1) is 0 Å². The zero-order valence-corrected chi connectivity index (χ0v) is 15.8. The van der Waals surface area contributed by atoms with Crippen molar-refractivity contribution in [2.75, 3.05) is 18.0 Å². The molecule has 6 heteroatoms. The van der Waals surface area contributed by atoms with Crippen molar-refractivity contribution in [3.8, 4) is 0 Å². The van der Waals surface area contributed by atoms with E-state index in [-0.39, 0.29) is 11.9 Å². The Morgan fingerprint density at radius 2 is 2.00 bits per heavy atom. The number of anilines is 1. The number of carbonyl (C=O) groups excluding carboxylic acids is 1. The van der Waals surface area contributed by atoms with Gasteiger partial charge in [0.25, 0.3) is 5.91 Å². The number of hydrazine groups is 1. The van der Waals surface area contributed by atoms with E-state index in [1.165, 1.54) is 0 Å². The number of nitrogens with zero attached hydrogens (tertiary/aromatic N) is 3. The molecule has 1 aromatic carbocycles. The highest BCUT2D eigenvalue weighted by atomic mass is 16.3. The van der Waals surface area contributed by atoms with Crippen molar-refractivity contribution in [2.24, 2.45) is 0 Å². The third-order valence-electron chi connectivity index (χ3n) is 5.22. The van der Waals surface area contributed by atoms with Crippen molar-refractivity contribution in [1.82, 2.24) is 15.4 Å². The largest absolute Gasteiger partial charge is 0.389 e. The SMILES string of the molecule is Cc1cc(C2=C3C(=O)N(c4ccc(C(C)O)cc4)C[C@H](C)N3NC2)ccn1. The Kier molecular flexibility index (Phi) is 4.45. The molecule has 140 valence electrons. The van der Waals surface area contributed by atoms with Crippen LogP contribution in [-0.4, -0.2) is 40.1 Å². The van der Waals surface area contributed by atoms with Crippen LogP contribution < -0.4 is 10.3 Å². The Morgan fingerprint density at radius 1 is 1.26 bits per heavy atom. The zero-order valence-electron chi connectivity index (χ0n) is 15.8. The smallest absolute Gasteiger partial charge is 0.276 e. The number of rotatable bonds is 3. The lowest BCUT2D eigenvalue weighted by Crippen LogP contribution is -2.55. The molecule has 1 saturated heterocycles. The molecule has 0 spiro atoms. The van der Waals surface area contributed by atoms with E-state index in [1.54, 1.807) is 13.1 Å². The topological polar surface area (TPSA) is 68.7 Å². The van der Waals surface area contributed by atoms with Gasteiger partial charge in [0.15, 0.2) is 0 Å². The third-order valence-corrected chi connectivity index (χ3v) is 5.22. The molecule has 6 nitrogen and oxygen atoms in total. The number of fused-ring (bicyclic) bond motifs is 1. The number of aryl methyl sites for hydroxylation is 1. The fourth-order valence-electron chi connectivity index (χ4n) is 3.76. The average molecular weight is 364 g/mol. The Balaban J connectivity index is 1.73. The molecule has 3 heterocycles. The molecule has 0 saturated carbocycles. The molecule has 1 amide bonds. The maximum absolute atomic E-state index is 13.4. The number of pyridine rings is 1. The van der Waals surface area contributed by atoms with Gasteiger partial charge in [0.2, 0.25) is 0 Å². The number of aliphatic hydroxyl groups excluding tert-OH is 1. The van der Waals surface area contributed by atoms with E-state index in [1.807, 2.05) is 53.2 Å². The minimum atomic E-state index is -0.520. The first-order chi connectivity index (χ1) is 13.0. The molecule has 27 heavy (non-hydrogen) atoms. The zero-order chi connectivity index (χ0) is 19.1. The summed E-state index contributed by atoms with van der Waals surface area (Å²) in [6.45, 7) is 7.03. The number of aliphatic hydroxyl groups is 1. The van der Waals surface area contributed by atoms with Gasteiger partial charge in [0.1, 0.15) is 5.70 Å². The number of amides is 1. The van der Waals surface area contributed by atoms with Crippen LogP contribution in [-0.2, 0) is 4.79 Å². The lowest BCUT2D eigenvalue weighted by atomic mass is 10.0. The highest BCUT2D eigenvalue weighted by molar-refractivity contribution is 6.11. The van der Waals surface area contributed by atoms with Crippen molar-refractivity contribution in [3.05, 3.63) is 65.1 Å². The highest BCUT2D eigenvalue weighted by Gasteiger charge is 2.40. The van der Waals surface area contributed by atoms with Crippen molar-refractivity contribution in [1.29, 1.82) is 0 Å². The van der Waals surface area contributed by atoms with Crippen molar-refractivity contribution < 1.29 is 9.90 Å². The van der Waals surface area contributed by atoms with Crippen molar-refractivity contribution in [3.63, 3.8) is 0 Å². The molecule has 2 aliphatic heterocycles. The van der Waals surface area contributed by atoms with Gasteiger partial charge in [-0.3, -0.25) is 14.8 Å². The summed E-state index contributed by atoms with van der Waals surface area (Å²) in [6, 6.07) is 11.7. The number of hydrogen-bond donors (Lipinski definition) is 2. The summed E-state index contributed by atoms with van der Waals surface area (Å²) in [5.41, 5.74) is 8.72. The van der Waals surface area contributed by atoms with Gasteiger partial charge >= 0.3 is 0 Å². The first kappa shape index (κ1) is 17.7. The maximum atomic E-state index is 13.4. The molecule has 1 fully saturated rings. The molecular weight excluding hydrogens is 340 g/mol. The minimum Gasteiger partial charge on any atom is -0.389 e. The van der Waals surface area contributed by atoms with Crippen LogP contribution in [0, 0.1) is 6.92 Å². The summed E-state index contributed by atoms with van der Waals surface area (Å²) < 4.78 is 0. The summed E-state index contributed by atoms with van der Waals surface area (Å²) in [7, 11) is 0. The molecule has 0 aliphatic carbocycles. The van der Waals surface area contributed by atoms with Crippen molar-refractivity contribution >= 4 is 17.2 Å². The summed E-state index contributed by atoms with van der Waals surface area (Å²) in [6.07, 6.45) is 1.26. The van der Waals surface area contributed by atoms with E-state index in [2.05, 4.69) is 17.3 Å². The molecule has 2 aromatic rings. The summed E-state index contributed by atoms with van der Waals surface area (Å²) in [5, 5.41) is 11.7. The second kappa shape index (κ2) is 6.79. The van der Waals surface area contributed by atoms with Crippen LogP contribution in [0.25, 0.3) is 5.57 Å². The van der Waals surface area contributed by atoms with Gasteiger partial charge < -0.3 is 10.0 Å². The normalized spacial score (nSPS) is 20.9. The van der Waals surface area contributed by atoms with Gasteiger partial charge in [-0.2, -0.15) is 0 Å². The summed E-state index contributed by atoms with van der Waals surface area (Å²) >= 11 is 0. The number of carbonyl (C=O) groups is 1. The molecule has 4 rings (SSSR count). The monoisotopic (exact) mass is 364 g/mol. The standard InChI is InChI=1S/C21H24N4O2/c1-13-10-17(8-9-22-13)19-11-23-25-14(2)12-24(21(27)20(19)25)18-6-4-16(5-7-18)15(3)26/h4-10,14-15,23,26H,11-12H2,1-3H3/t14-,15?/m0/s1. The van der Waals surface area contributed by atoms with Gasteiger partial charge in [-0.1, -0.05) is 12.1 Å². The predicted octanol–water partition coefficient (Wildman–Crippen LogP) is 2.41. The van der Waals surface area contributed by atoms with Crippen LogP contribution in [0.1, 0.15) is 36.8 Å². The second-order valence-electron chi connectivity index (χ2n) is 7.25. The molecule has 0 radical (unpaired) electrons. The number of aromatic nitrogens is 1. The van der Waals surface area contributed by atoms with E-state index < -0.39 is 6.10 Å². The van der Waals surface area contributed by atoms with E-state index >= 15 is 0 Å². The Labute approximate surface area is 159 Å². The Morgan fingerprint density at radius 3 is 2.67 bits per heavy atom. The lowest BCUT2D eigenvalue weighted by Gasteiger charge is -2.39. The van der Waals surface area contributed by atoms with Crippen LogP contribution in [0.5, 0.6) is 0 Å². The first-order valence-corrected chi connectivity index (χ1v) is 9.24. The summed E-state index contributed by atoms with van der Waals surface area (Å²) in [4.78, 5) is 19.4. The molecular formula is C21H24N4O2. The number of hydrogen-bond acceptors (Lipinski definition) is 5. The Hall–Kier alpha value is -2.70. The first-order valence-electron chi connectivity index (χ1n) is 9.24. The maximum Gasteiger partial charge on any atom is 0.276 e. The van der Waals surface area contributed by atoms with Gasteiger partial charge in [0.05, 0.1) is 12.1 Å². The molecule has 2 aliphatic rings. The van der Waals surface area contributed by atoms with Crippen LogP contribution in [0.3, 0.4) is 0 Å². The fraction of sp³-hybridized carbons (Fsp3) is 0.333. The molecule has 2 N–H and O–H groups in total. The Bertz CT molecular complexity index is 905. The molecule has 1 aromatic heterocycles. The number of benzene rings is 1. The van der Waals surface area contributed by atoms with Gasteiger partial charge in [0, 0.05) is 36.2 Å². The van der Waals surface area contributed by atoms with Crippen LogP contribution in [0.15, 0.2) is 48.3 Å². The van der Waals surface area contributed by atoms with E-state index in [0.29, 0.717) is 18.8 Å². The van der Waals surface area contributed by atoms with Crippen LogP contribution in [0.2, 0.25) is 0 Å². The van der Waals surface area contributed by atoms with Crippen molar-refractivity contribution in [2.45, 2.75) is 32.9 Å². The predicted molar refractivity (Wildman–Crippen MR) is 105 cm³/mol. The van der Waals surface area contributed by atoms with E-state index in [9.17, 15) is 9.90 Å². The molecule has 0 bridgehead atoms. The summed E-state index contributed by atoms with van der Waals surface area (Å²) in [5.74, 6) is -0.00707. The average Bonchev–Trinajstić information content (AvgIpc) is 3.11. The fourth-order valence-corrected chi connectivity index (χ4v) is 3.76. The highest BCUT2D eigenvalue weighted by Crippen LogP contribution is 2.33. The van der Waals surface area contributed by atoms with Gasteiger partial charge in [-0.05, 0) is 56.2 Å². The number of nitrogens with one attached hydrogen (secondary N) is 1. The van der Waals surface area contributed by atoms with E-state index in [4.69, 9.17) is 0 Å². The quantitative estimate of drug-likeness (QED) is 0.875. The molecule has 1 unspecified atom stereocenters. The second-order valence-corrected chi connectivity index (χ2v) is 7.25. The molecule has 2 atom stereocenters. The lowest BCUT2D eigenvalue weighted by molar-refractivity contribution is -0.118.